The van der Waals surface area contributed by atoms with Crippen molar-refractivity contribution in [1.82, 2.24) is 0 Å². The highest BCUT2D eigenvalue weighted by molar-refractivity contribution is 9.10. The molecule has 0 fully saturated rings. The Morgan fingerprint density at radius 2 is 1.70 bits per heavy atom. The number of hydrogen-bond acceptors (Lipinski definition) is 2. The molecule has 106 valence electrons. The molecular formula is C17H20BrNO. The number of hydrogen-bond donors (Lipinski definition) is 1. The van der Waals surface area contributed by atoms with Crippen LogP contribution in [0.25, 0.3) is 0 Å². The Balaban J connectivity index is 2.22. The zero-order chi connectivity index (χ0) is 14.7. The van der Waals surface area contributed by atoms with Crippen LogP contribution >= 0.6 is 15.9 Å². The molecule has 0 heterocycles. The maximum Gasteiger partial charge on any atom is 0.119 e. The third-order valence-corrected chi connectivity index (χ3v) is 3.67. The Morgan fingerprint density at radius 1 is 1.05 bits per heavy atom. The summed E-state index contributed by atoms with van der Waals surface area (Å²) in [5.41, 5.74) is 9.79. The van der Waals surface area contributed by atoms with Gasteiger partial charge >= 0.3 is 0 Å². The van der Waals surface area contributed by atoms with Crippen molar-refractivity contribution in [2.75, 3.05) is 0 Å². The first-order valence-corrected chi connectivity index (χ1v) is 7.55. The van der Waals surface area contributed by atoms with Crippen LogP contribution < -0.4 is 10.5 Å². The number of benzene rings is 2. The molecule has 0 amide bonds. The summed E-state index contributed by atoms with van der Waals surface area (Å²) in [4.78, 5) is 0. The van der Waals surface area contributed by atoms with Gasteiger partial charge in [-0.3, -0.25) is 0 Å². The van der Waals surface area contributed by atoms with E-state index in [9.17, 15) is 0 Å². The SMILES string of the molecule is Cc1cc(Br)ccc1C(N)c1ccc(OC(C)C)cc1. The van der Waals surface area contributed by atoms with Crippen molar-refractivity contribution in [3.63, 3.8) is 0 Å². The van der Waals surface area contributed by atoms with E-state index in [1.54, 1.807) is 0 Å². The second-order valence-electron chi connectivity index (χ2n) is 5.21. The molecule has 0 saturated heterocycles. The quantitative estimate of drug-likeness (QED) is 0.887. The topological polar surface area (TPSA) is 35.2 Å². The minimum Gasteiger partial charge on any atom is -0.491 e. The van der Waals surface area contributed by atoms with E-state index in [-0.39, 0.29) is 12.1 Å². The fourth-order valence-electron chi connectivity index (χ4n) is 2.19. The fourth-order valence-corrected chi connectivity index (χ4v) is 2.67. The summed E-state index contributed by atoms with van der Waals surface area (Å²) < 4.78 is 6.72. The Hall–Kier alpha value is -1.32. The lowest BCUT2D eigenvalue weighted by molar-refractivity contribution is 0.242. The normalized spacial score (nSPS) is 12.5. The lowest BCUT2D eigenvalue weighted by Gasteiger charge is -2.16. The highest BCUT2D eigenvalue weighted by Gasteiger charge is 2.12. The summed E-state index contributed by atoms with van der Waals surface area (Å²) in [5, 5.41) is 0. The summed E-state index contributed by atoms with van der Waals surface area (Å²) >= 11 is 3.48. The van der Waals surface area contributed by atoms with Gasteiger partial charge in [0.2, 0.25) is 0 Å². The van der Waals surface area contributed by atoms with E-state index < -0.39 is 0 Å². The maximum atomic E-state index is 6.36. The summed E-state index contributed by atoms with van der Waals surface area (Å²) in [6.45, 7) is 6.12. The van der Waals surface area contributed by atoms with E-state index in [0.29, 0.717) is 0 Å². The lowest BCUT2D eigenvalue weighted by Crippen LogP contribution is -2.13. The van der Waals surface area contributed by atoms with Crippen molar-refractivity contribution < 1.29 is 4.74 Å². The minimum atomic E-state index is -0.115. The molecule has 2 nitrogen and oxygen atoms in total. The van der Waals surface area contributed by atoms with Crippen molar-refractivity contribution in [2.24, 2.45) is 5.73 Å². The number of halogens is 1. The van der Waals surface area contributed by atoms with Crippen molar-refractivity contribution >= 4 is 15.9 Å². The van der Waals surface area contributed by atoms with Gasteiger partial charge in [0.1, 0.15) is 5.75 Å². The second-order valence-corrected chi connectivity index (χ2v) is 6.13. The summed E-state index contributed by atoms with van der Waals surface area (Å²) in [7, 11) is 0. The Bertz CT molecular complexity index is 578. The summed E-state index contributed by atoms with van der Waals surface area (Å²) in [6, 6.07) is 14.1. The molecule has 0 saturated carbocycles. The van der Waals surface area contributed by atoms with Gasteiger partial charge in [-0.25, -0.2) is 0 Å². The number of ether oxygens (including phenoxy) is 1. The molecule has 0 bridgehead atoms. The van der Waals surface area contributed by atoms with Gasteiger partial charge in [-0.2, -0.15) is 0 Å². The van der Waals surface area contributed by atoms with E-state index in [4.69, 9.17) is 10.5 Å². The predicted octanol–water partition coefficient (Wildman–Crippen LogP) is 4.59. The molecule has 20 heavy (non-hydrogen) atoms. The van der Waals surface area contributed by atoms with Gasteiger partial charge in [0.15, 0.2) is 0 Å². The average molecular weight is 334 g/mol. The third-order valence-electron chi connectivity index (χ3n) is 3.18. The molecule has 0 aromatic heterocycles. The number of rotatable bonds is 4. The van der Waals surface area contributed by atoms with Crippen molar-refractivity contribution in [3.05, 3.63) is 63.6 Å². The first-order valence-electron chi connectivity index (χ1n) is 6.75. The van der Waals surface area contributed by atoms with Gasteiger partial charge in [-0.05, 0) is 61.7 Å². The van der Waals surface area contributed by atoms with Crippen LogP contribution in [0.15, 0.2) is 46.9 Å². The van der Waals surface area contributed by atoms with Crippen LogP contribution in [0.3, 0.4) is 0 Å². The molecule has 0 aliphatic heterocycles. The van der Waals surface area contributed by atoms with Gasteiger partial charge in [0.25, 0.3) is 0 Å². The van der Waals surface area contributed by atoms with Crippen LogP contribution in [0.5, 0.6) is 5.75 Å². The van der Waals surface area contributed by atoms with Crippen LogP contribution in [0.4, 0.5) is 0 Å². The Labute approximate surface area is 129 Å². The maximum absolute atomic E-state index is 6.36. The predicted molar refractivity (Wildman–Crippen MR) is 87.1 cm³/mol. The average Bonchev–Trinajstić information content (AvgIpc) is 2.38. The van der Waals surface area contributed by atoms with E-state index in [1.165, 1.54) is 5.56 Å². The molecule has 1 unspecified atom stereocenters. The van der Waals surface area contributed by atoms with Gasteiger partial charge in [-0.15, -0.1) is 0 Å². The first kappa shape index (κ1) is 15.1. The first-order chi connectivity index (χ1) is 9.47. The van der Waals surface area contributed by atoms with Gasteiger partial charge in [-0.1, -0.05) is 34.1 Å². The Kier molecular flexibility index (Phi) is 4.84. The zero-order valence-corrected chi connectivity index (χ0v) is 13.6. The van der Waals surface area contributed by atoms with Gasteiger partial charge in [0.05, 0.1) is 12.1 Å². The van der Waals surface area contributed by atoms with Gasteiger partial charge < -0.3 is 10.5 Å². The molecule has 1 atom stereocenters. The third kappa shape index (κ3) is 3.62. The standard InChI is InChI=1S/C17H20BrNO/c1-11(2)20-15-7-4-13(5-8-15)17(19)16-9-6-14(18)10-12(16)3/h4-11,17H,19H2,1-3H3. The van der Waals surface area contributed by atoms with Crippen LogP contribution in [-0.2, 0) is 0 Å². The molecule has 0 aliphatic rings. The molecular weight excluding hydrogens is 314 g/mol. The van der Waals surface area contributed by atoms with Crippen LogP contribution in [0.2, 0.25) is 0 Å². The van der Waals surface area contributed by atoms with E-state index >= 15 is 0 Å². The summed E-state index contributed by atoms with van der Waals surface area (Å²) in [5.74, 6) is 0.878. The molecule has 0 aliphatic carbocycles. The molecule has 2 aromatic rings. The second kappa shape index (κ2) is 6.42. The molecule has 2 N–H and O–H groups in total. The molecule has 0 spiro atoms. The highest BCUT2D eigenvalue weighted by atomic mass is 79.9. The van der Waals surface area contributed by atoms with Crippen molar-refractivity contribution in [3.8, 4) is 5.75 Å². The summed E-state index contributed by atoms with van der Waals surface area (Å²) in [6.07, 6.45) is 0.184. The van der Waals surface area contributed by atoms with Crippen LogP contribution in [0.1, 0.15) is 36.6 Å². The van der Waals surface area contributed by atoms with Crippen molar-refractivity contribution in [2.45, 2.75) is 32.9 Å². The van der Waals surface area contributed by atoms with E-state index in [0.717, 1.165) is 21.3 Å². The fraction of sp³-hybridized carbons (Fsp3) is 0.294. The highest BCUT2D eigenvalue weighted by Crippen LogP contribution is 2.26. The molecule has 3 heteroatoms. The lowest BCUT2D eigenvalue weighted by atomic mass is 9.96. The van der Waals surface area contributed by atoms with Crippen LogP contribution in [-0.4, -0.2) is 6.10 Å². The minimum absolute atomic E-state index is 0.115. The Morgan fingerprint density at radius 3 is 2.25 bits per heavy atom. The van der Waals surface area contributed by atoms with Crippen molar-refractivity contribution in [1.29, 1.82) is 0 Å². The van der Waals surface area contributed by atoms with Gasteiger partial charge in [0, 0.05) is 4.47 Å². The number of aryl methyl sites for hydroxylation is 1. The monoisotopic (exact) mass is 333 g/mol. The smallest absolute Gasteiger partial charge is 0.119 e. The van der Waals surface area contributed by atoms with Crippen LogP contribution in [0, 0.1) is 6.92 Å². The molecule has 2 rings (SSSR count). The molecule has 0 radical (unpaired) electrons. The van der Waals surface area contributed by atoms with E-state index in [2.05, 4.69) is 35.0 Å². The zero-order valence-electron chi connectivity index (χ0n) is 12.1. The molecule has 2 aromatic carbocycles. The largest absolute Gasteiger partial charge is 0.491 e. The van der Waals surface area contributed by atoms with E-state index in [1.807, 2.05) is 44.2 Å². The number of nitrogens with two attached hydrogens (primary N) is 1.